The Bertz CT molecular complexity index is 640. The number of fused-ring (bicyclic) bond motifs is 1. The molecule has 1 unspecified atom stereocenters. The summed E-state index contributed by atoms with van der Waals surface area (Å²) in [5.74, 6) is 0. The molecule has 1 aliphatic rings. The molecular formula is C17H17N3. The van der Waals surface area contributed by atoms with E-state index in [2.05, 4.69) is 35.2 Å². The standard InChI is InChI=1S/C17H17N3/c18-10-13-5-7-14(8-6-13)11-20-12-16(19)9-15-3-1-2-4-17(15)20/h1-8,16H,9,11-12,19H2. The summed E-state index contributed by atoms with van der Waals surface area (Å²) in [6.45, 7) is 1.70. The number of nitrogens with zero attached hydrogens (tertiary/aromatic N) is 2. The van der Waals surface area contributed by atoms with Crippen LogP contribution >= 0.6 is 0 Å². The Kier molecular flexibility index (Phi) is 3.41. The highest BCUT2D eigenvalue weighted by molar-refractivity contribution is 5.56. The van der Waals surface area contributed by atoms with Gasteiger partial charge in [-0.3, -0.25) is 0 Å². The van der Waals surface area contributed by atoms with Crippen LogP contribution in [0.15, 0.2) is 48.5 Å². The quantitative estimate of drug-likeness (QED) is 0.905. The van der Waals surface area contributed by atoms with Gasteiger partial charge in [0.1, 0.15) is 0 Å². The molecule has 0 amide bonds. The summed E-state index contributed by atoms with van der Waals surface area (Å²) in [6.07, 6.45) is 0.944. The number of nitrogens with two attached hydrogens (primary N) is 1. The molecule has 1 heterocycles. The van der Waals surface area contributed by atoms with Crippen LogP contribution in [0, 0.1) is 11.3 Å². The summed E-state index contributed by atoms with van der Waals surface area (Å²) in [5.41, 5.74) is 10.7. The average molecular weight is 263 g/mol. The van der Waals surface area contributed by atoms with Crippen LogP contribution in [0.1, 0.15) is 16.7 Å². The molecule has 20 heavy (non-hydrogen) atoms. The van der Waals surface area contributed by atoms with E-state index >= 15 is 0 Å². The third kappa shape index (κ3) is 2.52. The van der Waals surface area contributed by atoms with Crippen molar-refractivity contribution in [3.63, 3.8) is 0 Å². The lowest BCUT2D eigenvalue weighted by Crippen LogP contribution is -2.42. The van der Waals surface area contributed by atoms with Gasteiger partial charge in [-0.25, -0.2) is 0 Å². The Labute approximate surface area is 119 Å². The molecule has 0 aliphatic carbocycles. The average Bonchev–Trinajstić information content (AvgIpc) is 2.48. The zero-order valence-electron chi connectivity index (χ0n) is 11.3. The minimum absolute atomic E-state index is 0.184. The minimum Gasteiger partial charge on any atom is -0.365 e. The van der Waals surface area contributed by atoms with Gasteiger partial charge in [-0.15, -0.1) is 0 Å². The SMILES string of the molecule is N#Cc1ccc(CN2CC(N)Cc3ccccc32)cc1. The van der Waals surface area contributed by atoms with E-state index in [4.69, 9.17) is 11.0 Å². The lowest BCUT2D eigenvalue weighted by Gasteiger charge is -2.34. The monoisotopic (exact) mass is 263 g/mol. The maximum atomic E-state index is 8.84. The van der Waals surface area contributed by atoms with Crippen molar-refractivity contribution in [2.24, 2.45) is 5.73 Å². The van der Waals surface area contributed by atoms with E-state index in [-0.39, 0.29) is 6.04 Å². The third-order valence-electron chi connectivity index (χ3n) is 3.73. The fourth-order valence-electron chi connectivity index (χ4n) is 2.78. The summed E-state index contributed by atoms with van der Waals surface area (Å²) in [6, 6.07) is 18.5. The molecule has 0 aromatic heterocycles. The minimum atomic E-state index is 0.184. The highest BCUT2D eigenvalue weighted by atomic mass is 15.2. The van der Waals surface area contributed by atoms with Gasteiger partial charge in [-0.05, 0) is 35.7 Å². The van der Waals surface area contributed by atoms with Gasteiger partial charge in [0.2, 0.25) is 0 Å². The molecule has 3 nitrogen and oxygen atoms in total. The van der Waals surface area contributed by atoms with Crippen molar-refractivity contribution in [3.8, 4) is 6.07 Å². The summed E-state index contributed by atoms with van der Waals surface area (Å²) in [7, 11) is 0. The van der Waals surface area contributed by atoms with Crippen molar-refractivity contribution in [2.45, 2.75) is 19.0 Å². The first-order valence-corrected chi connectivity index (χ1v) is 6.84. The lowest BCUT2D eigenvalue weighted by atomic mass is 9.98. The second-order valence-electron chi connectivity index (χ2n) is 5.28. The van der Waals surface area contributed by atoms with E-state index in [0.29, 0.717) is 5.56 Å². The van der Waals surface area contributed by atoms with E-state index in [1.54, 1.807) is 0 Å². The molecule has 100 valence electrons. The first kappa shape index (κ1) is 12.7. The summed E-state index contributed by atoms with van der Waals surface area (Å²) in [4.78, 5) is 2.32. The maximum Gasteiger partial charge on any atom is 0.0991 e. The number of anilines is 1. The Balaban J connectivity index is 1.85. The summed E-state index contributed by atoms with van der Waals surface area (Å²) in [5, 5.41) is 8.84. The number of nitriles is 1. The Morgan fingerprint density at radius 1 is 1.15 bits per heavy atom. The first-order valence-electron chi connectivity index (χ1n) is 6.84. The molecule has 1 aliphatic heterocycles. The molecule has 3 rings (SSSR count). The second kappa shape index (κ2) is 5.36. The van der Waals surface area contributed by atoms with Gasteiger partial charge in [0.05, 0.1) is 11.6 Å². The second-order valence-corrected chi connectivity index (χ2v) is 5.28. The van der Waals surface area contributed by atoms with Gasteiger partial charge in [0.25, 0.3) is 0 Å². The van der Waals surface area contributed by atoms with Crippen LogP contribution in [0.25, 0.3) is 0 Å². The highest BCUT2D eigenvalue weighted by Gasteiger charge is 2.21. The van der Waals surface area contributed by atoms with Crippen molar-refractivity contribution in [1.29, 1.82) is 5.26 Å². The van der Waals surface area contributed by atoms with Crippen LogP contribution in [-0.4, -0.2) is 12.6 Å². The van der Waals surface area contributed by atoms with Crippen LogP contribution in [0.2, 0.25) is 0 Å². The normalized spacial score (nSPS) is 17.4. The molecule has 0 bridgehead atoms. The molecular weight excluding hydrogens is 246 g/mol. The molecule has 2 N–H and O–H groups in total. The van der Waals surface area contributed by atoms with Crippen LogP contribution in [0.3, 0.4) is 0 Å². The summed E-state index contributed by atoms with van der Waals surface area (Å²) >= 11 is 0. The lowest BCUT2D eigenvalue weighted by molar-refractivity contribution is 0.599. The first-order chi connectivity index (χ1) is 9.76. The maximum absolute atomic E-state index is 8.84. The van der Waals surface area contributed by atoms with Gasteiger partial charge in [-0.1, -0.05) is 30.3 Å². The smallest absolute Gasteiger partial charge is 0.0991 e. The van der Waals surface area contributed by atoms with E-state index < -0.39 is 0 Å². The van der Waals surface area contributed by atoms with Gasteiger partial charge < -0.3 is 10.6 Å². The molecule has 1 atom stereocenters. The van der Waals surface area contributed by atoms with Gasteiger partial charge in [-0.2, -0.15) is 5.26 Å². The van der Waals surface area contributed by atoms with Crippen molar-refractivity contribution >= 4 is 5.69 Å². The van der Waals surface area contributed by atoms with Crippen molar-refractivity contribution in [1.82, 2.24) is 0 Å². The fraction of sp³-hybridized carbons (Fsp3) is 0.235. The molecule has 2 aromatic carbocycles. The molecule has 0 saturated carbocycles. The van der Waals surface area contributed by atoms with Crippen LogP contribution in [0.5, 0.6) is 0 Å². The number of benzene rings is 2. The molecule has 0 fully saturated rings. The van der Waals surface area contributed by atoms with Crippen LogP contribution in [-0.2, 0) is 13.0 Å². The topological polar surface area (TPSA) is 53.0 Å². The van der Waals surface area contributed by atoms with Crippen molar-refractivity contribution in [2.75, 3.05) is 11.4 Å². The highest BCUT2D eigenvalue weighted by Crippen LogP contribution is 2.27. The molecule has 3 heteroatoms. The number of para-hydroxylation sites is 1. The van der Waals surface area contributed by atoms with E-state index in [1.165, 1.54) is 16.8 Å². The predicted molar refractivity (Wildman–Crippen MR) is 80.3 cm³/mol. The van der Waals surface area contributed by atoms with Gasteiger partial charge in [0.15, 0.2) is 0 Å². The Morgan fingerprint density at radius 2 is 1.90 bits per heavy atom. The zero-order valence-corrected chi connectivity index (χ0v) is 11.3. The van der Waals surface area contributed by atoms with Crippen LogP contribution in [0.4, 0.5) is 5.69 Å². The Morgan fingerprint density at radius 3 is 2.65 bits per heavy atom. The Hall–Kier alpha value is -2.31. The van der Waals surface area contributed by atoms with Crippen molar-refractivity contribution < 1.29 is 0 Å². The number of hydrogen-bond donors (Lipinski definition) is 1. The van der Waals surface area contributed by atoms with Gasteiger partial charge >= 0.3 is 0 Å². The van der Waals surface area contributed by atoms with Gasteiger partial charge in [0, 0.05) is 24.8 Å². The molecule has 2 aromatic rings. The number of rotatable bonds is 2. The number of hydrogen-bond acceptors (Lipinski definition) is 3. The molecule has 0 radical (unpaired) electrons. The van der Waals surface area contributed by atoms with E-state index in [9.17, 15) is 0 Å². The molecule has 0 saturated heterocycles. The van der Waals surface area contributed by atoms with E-state index in [1.807, 2.05) is 24.3 Å². The fourth-order valence-corrected chi connectivity index (χ4v) is 2.78. The summed E-state index contributed by atoms with van der Waals surface area (Å²) < 4.78 is 0. The van der Waals surface area contributed by atoms with Crippen molar-refractivity contribution in [3.05, 3.63) is 65.2 Å². The largest absolute Gasteiger partial charge is 0.365 e. The predicted octanol–water partition coefficient (Wildman–Crippen LogP) is 2.45. The van der Waals surface area contributed by atoms with E-state index in [0.717, 1.165) is 19.5 Å². The van der Waals surface area contributed by atoms with Crippen LogP contribution < -0.4 is 10.6 Å². The zero-order chi connectivity index (χ0) is 13.9. The third-order valence-corrected chi connectivity index (χ3v) is 3.73. The molecule has 0 spiro atoms.